The molecule has 114 valence electrons. The molecule has 0 saturated heterocycles. The number of esters is 1. The van der Waals surface area contributed by atoms with E-state index in [1.165, 1.54) is 18.4 Å². The van der Waals surface area contributed by atoms with Gasteiger partial charge >= 0.3 is 5.97 Å². The second-order valence-corrected chi connectivity index (χ2v) is 7.05. The average molecular weight is 327 g/mol. The van der Waals surface area contributed by atoms with Crippen LogP contribution in [0.4, 0.5) is 0 Å². The summed E-state index contributed by atoms with van der Waals surface area (Å²) < 4.78 is 4.69. The molecule has 1 unspecified atom stereocenters. The highest BCUT2D eigenvalue weighted by Gasteiger charge is 2.40. The van der Waals surface area contributed by atoms with E-state index in [0.29, 0.717) is 11.3 Å². The van der Waals surface area contributed by atoms with Crippen LogP contribution in [0.1, 0.15) is 33.8 Å². The van der Waals surface area contributed by atoms with Gasteiger partial charge in [0, 0.05) is 10.3 Å². The smallest absolute Gasteiger partial charge is 0.348 e. The molecule has 1 aromatic rings. The zero-order valence-corrected chi connectivity index (χ0v) is 13.5. The van der Waals surface area contributed by atoms with E-state index in [2.05, 4.69) is 5.92 Å². The highest BCUT2D eigenvalue weighted by molar-refractivity contribution is 7.13. The van der Waals surface area contributed by atoms with Crippen molar-refractivity contribution in [3.63, 3.8) is 0 Å². The molecule has 1 saturated carbocycles. The molecule has 0 bridgehead atoms. The third kappa shape index (κ3) is 3.79. The fraction of sp³-hybridized carbons (Fsp3) is 0.562. The van der Waals surface area contributed by atoms with Crippen molar-refractivity contribution in [3.8, 4) is 12.3 Å². The zero-order valence-electron chi connectivity index (χ0n) is 11.9. The van der Waals surface area contributed by atoms with Gasteiger partial charge in [0.25, 0.3) is 0 Å². The Labute approximate surface area is 134 Å². The summed E-state index contributed by atoms with van der Waals surface area (Å²) in [4.78, 5) is 13.2. The van der Waals surface area contributed by atoms with Crippen LogP contribution in [0.2, 0.25) is 0 Å². The average Bonchev–Trinajstić information content (AvgIpc) is 3.03. The van der Waals surface area contributed by atoms with Gasteiger partial charge in [0.2, 0.25) is 0 Å². The van der Waals surface area contributed by atoms with Gasteiger partial charge in [0.1, 0.15) is 4.88 Å². The van der Waals surface area contributed by atoms with Crippen LogP contribution in [0.25, 0.3) is 0 Å². The molecule has 5 heteroatoms. The highest BCUT2D eigenvalue weighted by Crippen LogP contribution is 2.38. The van der Waals surface area contributed by atoms with E-state index >= 15 is 0 Å². The first-order chi connectivity index (χ1) is 10.1. The lowest BCUT2D eigenvalue weighted by Gasteiger charge is -2.18. The molecule has 1 aliphatic rings. The van der Waals surface area contributed by atoms with E-state index in [1.807, 2.05) is 6.07 Å². The van der Waals surface area contributed by atoms with E-state index < -0.39 is 6.10 Å². The van der Waals surface area contributed by atoms with Gasteiger partial charge in [-0.25, -0.2) is 4.79 Å². The number of aliphatic hydroxyl groups excluding tert-OH is 1. The fourth-order valence-electron chi connectivity index (χ4n) is 2.89. The molecule has 0 aromatic carbocycles. The summed E-state index contributed by atoms with van der Waals surface area (Å²) in [5, 5.41) is 9.82. The lowest BCUT2D eigenvalue weighted by atomic mass is 9.90. The first kappa shape index (κ1) is 16.4. The lowest BCUT2D eigenvalue weighted by molar-refractivity contribution is 0.0606. The molecule has 2 rings (SSSR count). The van der Waals surface area contributed by atoms with E-state index in [9.17, 15) is 9.90 Å². The lowest BCUT2D eigenvalue weighted by Crippen LogP contribution is -2.19. The number of halogens is 1. The number of carbonyl (C=O) groups is 1. The van der Waals surface area contributed by atoms with E-state index in [4.69, 9.17) is 22.8 Å². The number of ether oxygens (including phenoxy) is 1. The first-order valence-corrected chi connectivity index (χ1v) is 8.27. The Kier molecular flexibility index (Phi) is 5.69. The number of hydrogen-bond donors (Lipinski definition) is 1. The third-order valence-electron chi connectivity index (χ3n) is 4.01. The van der Waals surface area contributed by atoms with Gasteiger partial charge in [-0.15, -0.1) is 35.3 Å². The van der Waals surface area contributed by atoms with Crippen molar-refractivity contribution in [1.82, 2.24) is 0 Å². The van der Waals surface area contributed by atoms with Gasteiger partial charge in [-0.3, -0.25) is 0 Å². The summed E-state index contributed by atoms with van der Waals surface area (Å²) in [6.07, 6.45) is 8.32. The topological polar surface area (TPSA) is 46.5 Å². The Bertz CT molecular complexity index is 534. The maximum atomic E-state index is 11.4. The SMILES string of the molecule is C#C[C@@H]1C(CCCc2ccc(C(=O)OC)s2)[C@H](Cl)C[C@H]1O. The normalized spacial score (nSPS) is 28.3. The molecular formula is C16H19ClO3S. The number of rotatable bonds is 5. The predicted molar refractivity (Wildman–Crippen MR) is 84.7 cm³/mol. The summed E-state index contributed by atoms with van der Waals surface area (Å²) in [6.45, 7) is 0. The minimum absolute atomic E-state index is 0.0463. The Morgan fingerprint density at radius 2 is 2.38 bits per heavy atom. The highest BCUT2D eigenvalue weighted by atomic mass is 35.5. The fourth-order valence-corrected chi connectivity index (χ4v) is 4.33. The summed E-state index contributed by atoms with van der Waals surface area (Å²) in [7, 11) is 1.38. The van der Waals surface area contributed by atoms with Crippen molar-refractivity contribution in [2.24, 2.45) is 11.8 Å². The van der Waals surface area contributed by atoms with Crippen LogP contribution in [-0.4, -0.2) is 29.7 Å². The molecule has 0 spiro atoms. The van der Waals surface area contributed by atoms with Gasteiger partial charge in [0.05, 0.1) is 19.1 Å². The Morgan fingerprint density at radius 1 is 1.62 bits per heavy atom. The van der Waals surface area contributed by atoms with Gasteiger partial charge in [0.15, 0.2) is 0 Å². The van der Waals surface area contributed by atoms with Gasteiger partial charge < -0.3 is 9.84 Å². The van der Waals surface area contributed by atoms with Crippen LogP contribution in [0, 0.1) is 24.2 Å². The van der Waals surface area contributed by atoms with Crippen molar-refractivity contribution < 1.29 is 14.6 Å². The van der Waals surface area contributed by atoms with E-state index in [0.717, 1.165) is 24.1 Å². The van der Waals surface area contributed by atoms with E-state index in [1.54, 1.807) is 6.07 Å². The van der Waals surface area contributed by atoms with Crippen molar-refractivity contribution in [1.29, 1.82) is 0 Å². The second kappa shape index (κ2) is 7.31. The van der Waals surface area contributed by atoms with Crippen LogP contribution >= 0.6 is 22.9 Å². The van der Waals surface area contributed by atoms with Gasteiger partial charge in [-0.1, -0.05) is 0 Å². The molecule has 21 heavy (non-hydrogen) atoms. The van der Waals surface area contributed by atoms with Crippen molar-refractivity contribution in [2.75, 3.05) is 7.11 Å². The molecule has 4 atom stereocenters. The molecule has 0 amide bonds. The van der Waals surface area contributed by atoms with E-state index in [-0.39, 0.29) is 23.2 Å². The zero-order chi connectivity index (χ0) is 15.4. The van der Waals surface area contributed by atoms with Crippen LogP contribution < -0.4 is 0 Å². The molecular weight excluding hydrogens is 308 g/mol. The molecule has 0 radical (unpaired) electrons. The van der Waals surface area contributed by atoms with Crippen molar-refractivity contribution in [3.05, 3.63) is 21.9 Å². The molecule has 1 aromatic heterocycles. The molecule has 1 aliphatic carbocycles. The maximum absolute atomic E-state index is 11.4. The minimum atomic E-state index is -0.477. The van der Waals surface area contributed by atoms with Gasteiger partial charge in [-0.2, -0.15) is 0 Å². The standard InChI is InChI=1S/C16H19ClO3S/c1-3-11-12(13(17)9-14(11)18)6-4-5-10-7-8-15(21-10)16(19)20-2/h1,7-8,11-14,18H,4-6,9H2,2H3/t11-,12?,13-,14-/m1/s1. The number of methoxy groups -OCH3 is 1. The summed E-state index contributed by atoms with van der Waals surface area (Å²) in [5.41, 5.74) is 0. The van der Waals surface area contributed by atoms with Crippen LogP contribution in [0.15, 0.2) is 12.1 Å². The summed E-state index contributed by atoms with van der Waals surface area (Å²) in [6, 6.07) is 3.75. The number of thiophene rings is 1. The maximum Gasteiger partial charge on any atom is 0.348 e. The quantitative estimate of drug-likeness (QED) is 0.514. The summed E-state index contributed by atoms with van der Waals surface area (Å²) >= 11 is 7.74. The second-order valence-electron chi connectivity index (χ2n) is 5.33. The molecule has 3 nitrogen and oxygen atoms in total. The number of aliphatic hydroxyl groups is 1. The first-order valence-electron chi connectivity index (χ1n) is 7.02. The number of hydrogen-bond acceptors (Lipinski definition) is 4. The molecule has 1 N–H and O–H groups in total. The van der Waals surface area contributed by atoms with Crippen LogP contribution in [-0.2, 0) is 11.2 Å². The number of aryl methyl sites for hydroxylation is 1. The molecule has 1 heterocycles. The number of alkyl halides is 1. The van der Waals surface area contributed by atoms with Crippen molar-refractivity contribution >= 4 is 28.9 Å². The molecule has 1 fully saturated rings. The largest absolute Gasteiger partial charge is 0.465 e. The predicted octanol–water partition coefficient (Wildman–Crippen LogP) is 3.10. The number of terminal acetylenes is 1. The summed E-state index contributed by atoms with van der Waals surface area (Å²) in [5.74, 6) is 2.42. The molecule has 0 aliphatic heterocycles. The number of carbonyl (C=O) groups excluding carboxylic acids is 1. The van der Waals surface area contributed by atoms with Crippen LogP contribution in [0.5, 0.6) is 0 Å². The van der Waals surface area contributed by atoms with Crippen molar-refractivity contribution in [2.45, 2.75) is 37.2 Å². The third-order valence-corrected chi connectivity index (χ3v) is 5.64. The minimum Gasteiger partial charge on any atom is -0.465 e. The monoisotopic (exact) mass is 326 g/mol. The Balaban J connectivity index is 1.85. The van der Waals surface area contributed by atoms with Gasteiger partial charge in [-0.05, 0) is 43.7 Å². The Hall–Kier alpha value is -1.02. The Morgan fingerprint density at radius 3 is 3.05 bits per heavy atom. The van der Waals surface area contributed by atoms with Crippen LogP contribution in [0.3, 0.4) is 0 Å².